The molecule has 1 aliphatic rings. The molecule has 3 rings (SSSR count). The quantitative estimate of drug-likeness (QED) is 0.801. The van der Waals surface area contributed by atoms with Gasteiger partial charge in [-0.25, -0.2) is 9.97 Å². The Hall–Kier alpha value is -1.98. The Morgan fingerprint density at radius 1 is 1.20 bits per heavy atom. The number of nitrogens with zero attached hydrogens (tertiary/aromatic N) is 3. The fourth-order valence-corrected chi connectivity index (χ4v) is 3.11. The molecule has 0 saturated carbocycles. The average molecular weight is 340 g/mol. The van der Waals surface area contributed by atoms with Gasteiger partial charge >= 0.3 is 0 Å². The van der Waals surface area contributed by atoms with Gasteiger partial charge in [-0.2, -0.15) is 0 Å². The van der Waals surface area contributed by atoms with E-state index in [1.54, 1.807) is 0 Å². The second kappa shape index (κ2) is 8.92. The summed E-state index contributed by atoms with van der Waals surface area (Å²) < 4.78 is 5.48. The first-order valence-corrected chi connectivity index (χ1v) is 9.10. The average Bonchev–Trinajstić information content (AvgIpc) is 3.15. The lowest BCUT2D eigenvalue weighted by Gasteiger charge is -2.17. The van der Waals surface area contributed by atoms with Crippen LogP contribution in [0.4, 0.5) is 5.82 Å². The minimum Gasteiger partial charge on any atom is -0.381 e. The summed E-state index contributed by atoms with van der Waals surface area (Å²) in [4.78, 5) is 11.4. The normalized spacial score (nSPS) is 17.2. The van der Waals surface area contributed by atoms with E-state index in [9.17, 15) is 0 Å². The number of ether oxygens (including phenoxy) is 1. The molecule has 1 atom stereocenters. The van der Waals surface area contributed by atoms with Crippen LogP contribution < -0.4 is 5.32 Å². The van der Waals surface area contributed by atoms with Gasteiger partial charge in [-0.15, -0.1) is 0 Å². The molecule has 1 N–H and O–H groups in total. The summed E-state index contributed by atoms with van der Waals surface area (Å²) in [6.45, 7) is 6.48. The molecule has 1 aromatic heterocycles. The van der Waals surface area contributed by atoms with E-state index in [2.05, 4.69) is 63.6 Å². The second-order valence-corrected chi connectivity index (χ2v) is 6.75. The smallest absolute Gasteiger partial charge is 0.129 e. The van der Waals surface area contributed by atoms with Crippen LogP contribution in [-0.2, 0) is 11.2 Å². The molecule has 0 aliphatic carbocycles. The Kier molecular flexibility index (Phi) is 6.36. The minimum atomic E-state index is 0.413. The molecule has 1 aliphatic heterocycles. The van der Waals surface area contributed by atoms with Gasteiger partial charge in [-0.1, -0.05) is 30.3 Å². The zero-order valence-electron chi connectivity index (χ0n) is 15.2. The largest absolute Gasteiger partial charge is 0.381 e. The third-order valence-corrected chi connectivity index (χ3v) is 4.63. The summed E-state index contributed by atoms with van der Waals surface area (Å²) in [5, 5.41) is 3.44. The van der Waals surface area contributed by atoms with Crippen LogP contribution in [-0.4, -0.2) is 54.8 Å². The van der Waals surface area contributed by atoms with Gasteiger partial charge in [0, 0.05) is 38.2 Å². The predicted molar refractivity (Wildman–Crippen MR) is 101 cm³/mol. The Bertz CT molecular complexity index is 656. The van der Waals surface area contributed by atoms with Gasteiger partial charge in [0.25, 0.3) is 0 Å². The van der Waals surface area contributed by atoms with Crippen LogP contribution in [0, 0.1) is 6.92 Å². The molecular formula is C20H28N4O. The van der Waals surface area contributed by atoms with Crippen LogP contribution in [0.3, 0.4) is 0 Å². The summed E-state index contributed by atoms with van der Waals surface area (Å²) >= 11 is 0. The SMILES string of the molecule is Cc1nc(NCCN(C)CCc2ccccc2)cc([C@H]2CCOC2)n1. The van der Waals surface area contributed by atoms with Crippen molar-refractivity contribution >= 4 is 5.82 Å². The first kappa shape index (κ1) is 17.8. The first-order valence-electron chi connectivity index (χ1n) is 9.10. The van der Waals surface area contributed by atoms with Crippen molar-refractivity contribution in [2.75, 3.05) is 45.2 Å². The number of rotatable bonds is 8. The highest BCUT2D eigenvalue weighted by molar-refractivity contribution is 5.37. The Labute approximate surface area is 150 Å². The first-order chi connectivity index (χ1) is 12.2. The van der Waals surface area contributed by atoms with Crippen molar-refractivity contribution in [3.63, 3.8) is 0 Å². The Balaban J connectivity index is 1.45. The van der Waals surface area contributed by atoms with E-state index in [1.807, 2.05) is 6.92 Å². The molecule has 2 heterocycles. The minimum absolute atomic E-state index is 0.413. The number of hydrogen-bond acceptors (Lipinski definition) is 5. The number of anilines is 1. The number of aromatic nitrogens is 2. The van der Waals surface area contributed by atoms with Gasteiger partial charge in [0.1, 0.15) is 11.6 Å². The van der Waals surface area contributed by atoms with E-state index in [0.717, 1.165) is 63.0 Å². The van der Waals surface area contributed by atoms with E-state index in [4.69, 9.17) is 4.74 Å². The summed E-state index contributed by atoms with van der Waals surface area (Å²) in [6.07, 6.45) is 2.13. The van der Waals surface area contributed by atoms with Crippen LogP contribution in [0.15, 0.2) is 36.4 Å². The lowest BCUT2D eigenvalue weighted by molar-refractivity contribution is 0.193. The van der Waals surface area contributed by atoms with E-state index in [1.165, 1.54) is 5.56 Å². The molecule has 134 valence electrons. The third kappa shape index (κ3) is 5.51. The highest BCUT2D eigenvalue weighted by Gasteiger charge is 2.20. The lowest BCUT2D eigenvalue weighted by Crippen LogP contribution is -2.27. The van der Waals surface area contributed by atoms with Crippen molar-refractivity contribution in [3.8, 4) is 0 Å². The van der Waals surface area contributed by atoms with Gasteiger partial charge in [0.2, 0.25) is 0 Å². The van der Waals surface area contributed by atoms with Crippen molar-refractivity contribution in [1.29, 1.82) is 0 Å². The maximum atomic E-state index is 5.48. The summed E-state index contributed by atoms with van der Waals surface area (Å²) in [7, 11) is 2.16. The molecular weight excluding hydrogens is 312 g/mol. The van der Waals surface area contributed by atoms with Crippen LogP contribution >= 0.6 is 0 Å². The van der Waals surface area contributed by atoms with Crippen molar-refractivity contribution in [3.05, 3.63) is 53.5 Å². The molecule has 1 aromatic carbocycles. The highest BCUT2D eigenvalue weighted by atomic mass is 16.5. The molecule has 5 heteroatoms. The van der Waals surface area contributed by atoms with Gasteiger partial charge in [-0.3, -0.25) is 0 Å². The van der Waals surface area contributed by atoms with Gasteiger partial charge < -0.3 is 15.0 Å². The monoisotopic (exact) mass is 340 g/mol. The lowest BCUT2D eigenvalue weighted by atomic mass is 10.0. The number of hydrogen-bond donors (Lipinski definition) is 1. The second-order valence-electron chi connectivity index (χ2n) is 6.75. The predicted octanol–water partition coefficient (Wildman–Crippen LogP) is 2.88. The van der Waals surface area contributed by atoms with Crippen LogP contribution in [0.25, 0.3) is 0 Å². The highest BCUT2D eigenvalue weighted by Crippen LogP contribution is 2.24. The maximum Gasteiger partial charge on any atom is 0.129 e. The molecule has 0 bridgehead atoms. The zero-order valence-corrected chi connectivity index (χ0v) is 15.2. The third-order valence-electron chi connectivity index (χ3n) is 4.63. The molecule has 5 nitrogen and oxygen atoms in total. The zero-order chi connectivity index (χ0) is 17.5. The standard InChI is InChI=1S/C20H28N4O/c1-16-22-19(18-9-13-25-15-18)14-20(23-16)21-10-12-24(2)11-8-17-6-4-3-5-7-17/h3-7,14,18H,8-13,15H2,1-2H3,(H,21,22,23)/t18-/m0/s1. The van der Waals surface area contributed by atoms with E-state index in [0.29, 0.717) is 5.92 Å². The summed E-state index contributed by atoms with van der Waals surface area (Å²) in [5.74, 6) is 2.16. The van der Waals surface area contributed by atoms with Gasteiger partial charge in [0.15, 0.2) is 0 Å². The molecule has 1 fully saturated rings. The summed E-state index contributed by atoms with van der Waals surface area (Å²) in [5.41, 5.74) is 2.49. The van der Waals surface area contributed by atoms with Crippen molar-refractivity contribution in [2.24, 2.45) is 0 Å². The fraction of sp³-hybridized carbons (Fsp3) is 0.500. The Morgan fingerprint density at radius 3 is 2.80 bits per heavy atom. The van der Waals surface area contributed by atoms with Crippen molar-refractivity contribution < 1.29 is 4.74 Å². The molecule has 1 saturated heterocycles. The van der Waals surface area contributed by atoms with Gasteiger partial charge in [0.05, 0.1) is 12.3 Å². The summed E-state index contributed by atoms with van der Waals surface area (Å²) in [6, 6.07) is 12.7. The molecule has 0 unspecified atom stereocenters. The molecule has 2 aromatic rings. The van der Waals surface area contributed by atoms with Crippen molar-refractivity contribution in [2.45, 2.75) is 25.7 Å². The number of aryl methyl sites for hydroxylation is 1. The maximum absolute atomic E-state index is 5.48. The van der Waals surface area contributed by atoms with E-state index >= 15 is 0 Å². The molecule has 25 heavy (non-hydrogen) atoms. The fourth-order valence-electron chi connectivity index (χ4n) is 3.11. The molecule has 0 spiro atoms. The van der Waals surface area contributed by atoms with E-state index < -0.39 is 0 Å². The van der Waals surface area contributed by atoms with Crippen LogP contribution in [0.5, 0.6) is 0 Å². The molecule has 0 radical (unpaired) electrons. The van der Waals surface area contributed by atoms with Crippen LogP contribution in [0.2, 0.25) is 0 Å². The van der Waals surface area contributed by atoms with Crippen LogP contribution in [0.1, 0.15) is 29.4 Å². The number of benzene rings is 1. The number of nitrogens with one attached hydrogen (secondary N) is 1. The number of likely N-dealkylation sites (N-methyl/N-ethyl adjacent to an activating group) is 1. The van der Waals surface area contributed by atoms with Crippen molar-refractivity contribution in [1.82, 2.24) is 14.9 Å². The Morgan fingerprint density at radius 2 is 2.04 bits per heavy atom. The molecule has 0 amide bonds. The van der Waals surface area contributed by atoms with E-state index in [-0.39, 0.29) is 0 Å². The van der Waals surface area contributed by atoms with Gasteiger partial charge in [-0.05, 0) is 32.4 Å². The topological polar surface area (TPSA) is 50.3 Å².